The molecule has 1 aromatic carbocycles. The van der Waals surface area contributed by atoms with Gasteiger partial charge in [0.25, 0.3) is 0 Å². The van der Waals surface area contributed by atoms with Crippen molar-refractivity contribution in [2.24, 2.45) is 11.8 Å². The second-order valence-corrected chi connectivity index (χ2v) is 8.12. The summed E-state index contributed by atoms with van der Waals surface area (Å²) in [5.74, 6) is -3.42. The molecule has 2 atom stereocenters. The number of carboxylic acids is 1. The number of carbonyl (C=O) groups is 2. The molecule has 2 aromatic rings. The van der Waals surface area contributed by atoms with Crippen LogP contribution in [0.5, 0.6) is 0 Å². The zero-order valence-electron chi connectivity index (χ0n) is 15.3. The fraction of sp³-hybridized carbons (Fsp3) is 0.350. The topological polar surface area (TPSA) is 82.1 Å². The van der Waals surface area contributed by atoms with E-state index in [0.29, 0.717) is 23.7 Å². The second-order valence-electron chi connectivity index (χ2n) is 6.92. The van der Waals surface area contributed by atoms with Gasteiger partial charge in [0.15, 0.2) is 5.13 Å². The van der Waals surface area contributed by atoms with Crippen molar-refractivity contribution in [2.45, 2.75) is 33.6 Å². The van der Waals surface area contributed by atoms with Crippen molar-refractivity contribution in [3.8, 4) is 11.3 Å². The van der Waals surface area contributed by atoms with Crippen LogP contribution in [-0.4, -0.2) is 16.9 Å². The lowest BCUT2D eigenvalue weighted by Gasteiger charge is -2.32. The number of halogens is 1. The standard InChI is InChI=1S/C20H21FN2O3S/c1-10-8-15(16(19(25)26)9-11(10)2)18(24)23-20-22-17(12(3)27-20)13-4-6-14(21)7-5-13/h4-7,15-16H,8-9H2,1-3H3,(H,25,26)(H,22,23,24)/p-1/t15-,16+/m1/s1. The van der Waals surface area contributed by atoms with E-state index >= 15 is 0 Å². The average molecular weight is 387 g/mol. The molecule has 0 saturated carbocycles. The highest BCUT2D eigenvalue weighted by atomic mass is 32.1. The maximum absolute atomic E-state index is 13.1. The van der Waals surface area contributed by atoms with Gasteiger partial charge in [-0.1, -0.05) is 11.1 Å². The van der Waals surface area contributed by atoms with Crippen molar-refractivity contribution in [1.82, 2.24) is 4.98 Å². The number of allylic oxidation sites excluding steroid dienone is 2. The van der Waals surface area contributed by atoms with Crippen molar-refractivity contribution in [3.05, 3.63) is 46.1 Å². The average Bonchev–Trinajstić information content (AvgIpc) is 2.97. The number of nitrogens with zero attached hydrogens (tertiary/aromatic N) is 1. The first kappa shape index (κ1) is 19.2. The van der Waals surface area contributed by atoms with Crippen LogP contribution in [-0.2, 0) is 9.59 Å². The Kier molecular flexibility index (Phi) is 5.41. The number of carbonyl (C=O) groups excluding carboxylic acids is 2. The van der Waals surface area contributed by atoms with Gasteiger partial charge in [-0.2, -0.15) is 0 Å². The molecule has 1 heterocycles. The molecule has 0 fully saturated rings. The van der Waals surface area contributed by atoms with Gasteiger partial charge in [0.05, 0.1) is 11.6 Å². The van der Waals surface area contributed by atoms with Gasteiger partial charge >= 0.3 is 0 Å². The van der Waals surface area contributed by atoms with Crippen molar-refractivity contribution >= 4 is 28.3 Å². The summed E-state index contributed by atoms with van der Waals surface area (Å²) in [4.78, 5) is 29.5. The predicted molar refractivity (Wildman–Crippen MR) is 100 cm³/mol. The van der Waals surface area contributed by atoms with Crippen LogP contribution in [0.25, 0.3) is 11.3 Å². The largest absolute Gasteiger partial charge is 0.550 e. The Hall–Kier alpha value is -2.54. The third-order valence-corrected chi connectivity index (χ3v) is 5.94. The Balaban J connectivity index is 1.81. The Morgan fingerprint density at radius 1 is 1.11 bits per heavy atom. The lowest BCUT2D eigenvalue weighted by molar-refractivity contribution is -0.313. The number of hydrogen-bond donors (Lipinski definition) is 1. The van der Waals surface area contributed by atoms with Gasteiger partial charge < -0.3 is 15.2 Å². The fourth-order valence-corrected chi connectivity index (χ4v) is 4.18. The van der Waals surface area contributed by atoms with Crippen molar-refractivity contribution in [2.75, 3.05) is 5.32 Å². The first-order valence-electron chi connectivity index (χ1n) is 8.66. The highest BCUT2D eigenvalue weighted by Crippen LogP contribution is 2.36. The molecule has 1 amide bonds. The van der Waals surface area contributed by atoms with Crippen LogP contribution in [0.3, 0.4) is 0 Å². The summed E-state index contributed by atoms with van der Waals surface area (Å²) in [6.45, 7) is 5.67. The molecule has 3 rings (SSSR count). The maximum Gasteiger partial charge on any atom is 0.230 e. The van der Waals surface area contributed by atoms with Gasteiger partial charge in [-0.15, -0.1) is 11.3 Å². The number of aromatic nitrogens is 1. The van der Waals surface area contributed by atoms with E-state index in [4.69, 9.17) is 0 Å². The number of thiazole rings is 1. The monoisotopic (exact) mass is 387 g/mol. The number of nitrogens with one attached hydrogen (secondary N) is 1. The molecule has 0 spiro atoms. The highest BCUT2D eigenvalue weighted by molar-refractivity contribution is 7.16. The number of benzene rings is 1. The Morgan fingerprint density at radius 3 is 2.30 bits per heavy atom. The Bertz CT molecular complexity index is 918. The van der Waals surface area contributed by atoms with Crippen molar-refractivity contribution < 1.29 is 19.1 Å². The number of carboxylic acid groups (broad SMARTS) is 1. The van der Waals surface area contributed by atoms with Gasteiger partial charge in [-0.25, -0.2) is 9.37 Å². The molecule has 0 unspecified atom stereocenters. The second kappa shape index (κ2) is 7.60. The molecule has 0 saturated heterocycles. The molecule has 142 valence electrons. The molecule has 0 bridgehead atoms. The summed E-state index contributed by atoms with van der Waals surface area (Å²) >= 11 is 1.30. The number of anilines is 1. The molecular weight excluding hydrogens is 367 g/mol. The van der Waals surface area contributed by atoms with Crippen molar-refractivity contribution in [1.29, 1.82) is 0 Å². The summed E-state index contributed by atoms with van der Waals surface area (Å²) in [5, 5.41) is 14.6. The lowest BCUT2D eigenvalue weighted by atomic mass is 9.76. The van der Waals surface area contributed by atoms with Crippen LogP contribution in [0.15, 0.2) is 35.4 Å². The van der Waals surface area contributed by atoms with Crippen molar-refractivity contribution in [3.63, 3.8) is 0 Å². The minimum absolute atomic E-state index is 0.323. The van der Waals surface area contributed by atoms with E-state index < -0.39 is 17.8 Å². The normalized spacial score (nSPS) is 19.9. The number of rotatable bonds is 4. The molecule has 0 aliphatic heterocycles. The number of amides is 1. The van der Waals surface area contributed by atoms with Gasteiger partial charge in [-0.05, 0) is 57.9 Å². The minimum Gasteiger partial charge on any atom is -0.550 e. The molecule has 1 aliphatic rings. The van der Waals surface area contributed by atoms with E-state index in [1.54, 1.807) is 12.1 Å². The molecule has 1 aliphatic carbocycles. The third kappa shape index (κ3) is 4.08. The number of aryl methyl sites for hydroxylation is 1. The van der Waals surface area contributed by atoms with Gasteiger partial charge in [0, 0.05) is 22.3 Å². The van der Waals surface area contributed by atoms with Gasteiger partial charge in [0.2, 0.25) is 5.91 Å². The summed E-state index contributed by atoms with van der Waals surface area (Å²) in [6.07, 6.45) is 0.718. The molecule has 27 heavy (non-hydrogen) atoms. The molecule has 0 radical (unpaired) electrons. The maximum atomic E-state index is 13.1. The van der Waals surface area contributed by atoms with Gasteiger partial charge in [-0.3, -0.25) is 4.79 Å². The van der Waals surface area contributed by atoms with Crippen LogP contribution in [0.4, 0.5) is 9.52 Å². The van der Waals surface area contributed by atoms with Crippen LogP contribution in [0, 0.1) is 24.6 Å². The quantitative estimate of drug-likeness (QED) is 0.816. The van der Waals surface area contributed by atoms with E-state index in [2.05, 4.69) is 10.3 Å². The minimum atomic E-state index is -1.20. The molecule has 1 N–H and O–H groups in total. The first-order chi connectivity index (χ1) is 12.8. The van der Waals surface area contributed by atoms with Gasteiger partial charge in [0.1, 0.15) is 5.82 Å². The number of aliphatic carboxylic acids is 1. The van der Waals surface area contributed by atoms with E-state index in [0.717, 1.165) is 21.6 Å². The summed E-state index contributed by atoms with van der Waals surface area (Å²) in [6, 6.07) is 5.98. The van der Waals surface area contributed by atoms with Crippen LogP contribution in [0.1, 0.15) is 31.6 Å². The van der Waals surface area contributed by atoms with E-state index in [9.17, 15) is 19.1 Å². The lowest BCUT2D eigenvalue weighted by Crippen LogP contribution is -2.42. The zero-order chi connectivity index (χ0) is 19.7. The van der Waals surface area contributed by atoms with Crippen LogP contribution in [0.2, 0.25) is 0 Å². The van der Waals surface area contributed by atoms with E-state index in [1.165, 1.54) is 23.5 Å². The Morgan fingerprint density at radius 2 is 1.70 bits per heavy atom. The summed E-state index contributed by atoms with van der Waals surface area (Å²) in [5.41, 5.74) is 3.46. The Labute approximate surface area is 161 Å². The third-order valence-electron chi connectivity index (χ3n) is 5.05. The zero-order valence-corrected chi connectivity index (χ0v) is 16.2. The molecular formula is C20H20FN2O3S-. The smallest absolute Gasteiger partial charge is 0.230 e. The van der Waals surface area contributed by atoms with E-state index in [-0.39, 0.29) is 11.7 Å². The van der Waals surface area contributed by atoms with Crippen LogP contribution < -0.4 is 10.4 Å². The summed E-state index contributed by atoms with van der Waals surface area (Å²) < 4.78 is 13.1. The van der Waals surface area contributed by atoms with E-state index in [1.807, 2.05) is 20.8 Å². The number of hydrogen-bond acceptors (Lipinski definition) is 5. The predicted octanol–water partition coefficient (Wildman–Crippen LogP) is 3.31. The fourth-order valence-electron chi connectivity index (χ4n) is 3.34. The SMILES string of the molecule is CC1=C(C)C[C@@H](C(=O)Nc2nc(-c3ccc(F)cc3)c(C)s2)[C@@H](C(=O)[O-])C1. The highest BCUT2D eigenvalue weighted by Gasteiger charge is 2.34. The summed E-state index contributed by atoms with van der Waals surface area (Å²) in [7, 11) is 0. The molecule has 1 aromatic heterocycles. The molecule has 5 nitrogen and oxygen atoms in total. The van der Waals surface area contributed by atoms with Crippen LogP contribution >= 0.6 is 11.3 Å². The first-order valence-corrected chi connectivity index (χ1v) is 9.48. The molecule has 7 heteroatoms.